The van der Waals surface area contributed by atoms with Gasteiger partial charge in [0.25, 0.3) is 0 Å². The first kappa shape index (κ1) is 6.49. The van der Waals surface area contributed by atoms with Crippen molar-refractivity contribution in [2.45, 2.75) is 0 Å². The Morgan fingerprint density at radius 1 is 1.57 bits per heavy atom. The lowest BCUT2D eigenvalue weighted by Gasteiger charge is -1.40. The second kappa shape index (κ2) is 5.49. The van der Waals surface area contributed by atoms with E-state index in [2.05, 4.69) is 9.59 Å². The predicted molar refractivity (Wildman–Crippen MR) is 26.9 cm³/mol. The standard InChI is InChI=1S/C2H2N2S.CH3F/c1-2-5-4-3-1;1-2/h1-2H;1H3. The van der Waals surface area contributed by atoms with Crippen LogP contribution in [0.15, 0.2) is 11.6 Å². The average molecular weight is 120 g/mol. The third kappa shape index (κ3) is 3.32. The third-order valence-electron chi connectivity index (χ3n) is 0.283. The van der Waals surface area contributed by atoms with Crippen molar-refractivity contribution < 1.29 is 4.39 Å². The SMILES string of the molecule is CF.c1csnn1. The summed E-state index contributed by atoms with van der Waals surface area (Å²) in [6, 6.07) is 0. The van der Waals surface area contributed by atoms with Crippen LogP contribution < -0.4 is 0 Å². The first-order valence-electron chi connectivity index (χ1n) is 1.59. The Morgan fingerprint density at radius 3 is 2.43 bits per heavy atom. The monoisotopic (exact) mass is 120 g/mol. The van der Waals surface area contributed by atoms with Gasteiger partial charge in [0.05, 0.1) is 13.4 Å². The molecule has 1 rings (SSSR count). The van der Waals surface area contributed by atoms with Crippen molar-refractivity contribution in [2.75, 3.05) is 7.18 Å². The summed E-state index contributed by atoms with van der Waals surface area (Å²) in [6.07, 6.45) is 1.66. The van der Waals surface area contributed by atoms with Crippen LogP contribution in [0.4, 0.5) is 4.39 Å². The van der Waals surface area contributed by atoms with Gasteiger partial charge in [-0.25, -0.2) is 0 Å². The molecular formula is C3H5FN2S. The van der Waals surface area contributed by atoms with Crippen molar-refractivity contribution >= 4 is 11.5 Å². The maximum absolute atomic E-state index is 9.50. The summed E-state index contributed by atoms with van der Waals surface area (Å²) in [4.78, 5) is 0. The second-order valence-corrected chi connectivity index (χ2v) is 1.23. The molecule has 0 amide bonds. The molecule has 40 valence electrons. The zero-order valence-corrected chi connectivity index (χ0v) is 4.65. The Balaban J connectivity index is 0.000000162. The maximum Gasteiger partial charge on any atom is 0.0785 e. The minimum absolute atomic E-state index is 0.500. The quantitative estimate of drug-likeness (QED) is 0.512. The Hall–Kier alpha value is -0.510. The molecule has 1 aromatic heterocycles. The zero-order chi connectivity index (χ0) is 5.54. The van der Waals surface area contributed by atoms with Crippen molar-refractivity contribution in [1.29, 1.82) is 0 Å². The van der Waals surface area contributed by atoms with E-state index in [1.54, 1.807) is 6.20 Å². The minimum atomic E-state index is 0.500. The van der Waals surface area contributed by atoms with Gasteiger partial charge in [-0.05, 0) is 11.5 Å². The Bertz CT molecular complexity index is 69.4. The van der Waals surface area contributed by atoms with Crippen LogP contribution in [0, 0.1) is 0 Å². The van der Waals surface area contributed by atoms with E-state index in [0.29, 0.717) is 7.18 Å². The Morgan fingerprint density at radius 2 is 2.29 bits per heavy atom. The Labute approximate surface area is 45.2 Å². The fourth-order valence-electron chi connectivity index (χ4n) is 0.136. The molecule has 0 saturated carbocycles. The van der Waals surface area contributed by atoms with Gasteiger partial charge in [0, 0.05) is 5.38 Å². The molecule has 0 unspecified atom stereocenters. The summed E-state index contributed by atoms with van der Waals surface area (Å²) in [7, 11) is 0.500. The van der Waals surface area contributed by atoms with Gasteiger partial charge in [-0.3, -0.25) is 4.39 Å². The van der Waals surface area contributed by atoms with E-state index in [-0.39, 0.29) is 0 Å². The molecular weight excluding hydrogens is 115 g/mol. The third-order valence-corrected chi connectivity index (χ3v) is 0.715. The van der Waals surface area contributed by atoms with Crippen LogP contribution in [0.25, 0.3) is 0 Å². The van der Waals surface area contributed by atoms with Gasteiger partial charge in [0.1, 0.15) is 0 Å². The lowest BCUT2D eigenvalue weighted by molar-refractivity contribution is 0.636. The van der Waals surface area contributed by atoms with Crippen molar-refractivity contribution in [3.63, 3.8) is 0 Å². The molecule has 7 heavy (non-hydrogen) atoms. The second-order valence-electron chi connectivity index (χ2n) is 0.588. The molecule has 1 aromatic rings. The highest BCUT2D eigenvalue weighted by Gasteiger charge is 1.61. The zero-order valence-electron chi connectivity index (χ0n) is 3.84. The molecule has 0 aliphatic rings. The van der Waals surface area contributed by atoms with E-state index < -0.39 is 0 Å². The van der Waals surface area contributed by atoms with Gasteiger partial charge in [0.2, 0.25) is 0 Å². The van der Waals surface area contributed by atoms with Crippen LogP contribution in [0.1, 0.15) is 0 Å². The normalized spacial score (nSPS) is 6.57. The minimum Gasteiger partial charge on any atom is -0.255 e. The molecule has 2 nitrogen and oxygen atoms in total. The lowest BCUT2D eigenvalue weighted by atomic mass is 11.1. The molecule has 0 spiro atoms. The topological polar surface area (TPSA) is 25.8 Å². The molecule has 0 aliphatic carbocycles. The van der Waals surface area contributed by atoms with Gasteiger partial charge in [-0.1, -0.05) is 4.49 Å². The molecule has 4 heteroatoms. The number of halogens is 1. The van der Waals surface area contributed by atoms with Crippen molar-refractivity contribution in [2.24, 2.45) is 0 Å². The summed E-state index contributed by atoms with van der Waals surface area (Å²) in [6.45, 7) is 0. The molecule has 0 radical (unpaired) electrons. The lowest BCUT2D eigenvalue weighted by Crippen LogP contribution is -1.51. The number of nitrogens with zero attached hydrogens (tertiary/aromatic N) is 2. The molecule has 0 aliphatic heterocycles. The fourth-order valence-corrected chi connectivity index (χ4v) is 0.408. The molecule has 1 heterocycles. The highest BCUT2D eigenvalue weighted by atomic mass is 32.1. The molecule has 0 fully saturated rings. The number of hydrogen-bond donors (Lipinski definition) is 0. The summed E-state index contributed by atoms with van der Waals surface area (Å²) in [5.41, 5.74) is 0. The first-order valence-corrected chi connectivity index (χ1v) is 2.42. The highest BCUT2D eigenvalue weighted by Crippen LogP contribution is 1.78. The summed E-state index contributed by atoms with van der Waals surface area (Å²) >= 11 is 1.35. The van der Waals surface area contributed by atoms with Crippen LogP contribution in [0.3, 0.4) is 0 Å². The largest absolute Gasteiger partial charge is 0.255 e. The van der Waals surface area contributed by atoms with E-state index in [9.17, 15) is 4.39 Å². The van der Waals surface area contributed by atoms with Gasteiger partial charge in [-0.2, -0.15) is 0 Å². The number of hydrogen-bond acceptors (Lipinski definition) is 3. The average Bonchev–Trinajstić information content (AvgIpc) is 2.23. The van der Waals surface area contributed by atoms with Crippen molar-refractivity contribution in [3.05, 3.63) is 11.6 Å². The smallest absolute Gasteiger partial charge is 0.0785 e. The van der Waals surface area contributed by atoms with Crippen LogP contribution in [0.2, 0.25) is 0 Å². The maximum atomic E-state index is 9.50. The van der Waals surface area contributed by atoms with E-state index in [1.165, 1.54) is 11.5 Å². The molecule has 0 saturated heterocycles. The van der Waals surface area contributed by atoms with Gasteiger partial charge in [0.15, 0.2) is 0 Å². The van der Waals surface area contributed by atoms with Crippen LogP contribution in [-0.4, -0.2) is 16.8 Å². The molecule has 0 aromatic carbocycles. The van der Waals surface area contributed by atoms with Crippen LogP contribution >= 0.6 is 11.5 Å². The van der Waals surface area contributed by atoms with E-state index in [4.69, 9.17) is 0 Å². The number of alkyl halides is 1. The van der Waals surface area contributed by atoms with Crippen LogP contribution in [-0.2, 0) is 0 Å². The van der Waals surface area contributed by atoms with Gasteiger partial charge >= 0.3 is 0 Å². The number of aromatic nitrogens is 2. The van der Waals surface area contributed by atoms with Crippen molar-refractivity contribution in [1.82, 2.24) is 9.59 Å². The van der Waals surface area contributed by atoms with E-state index in [1.807, 2.05) is 5.38 Å². The summed E-state index contributed by atoms with van der Waals surface area (Å²) in [5, 5.41) is 5.31. The Kier molecular flexibility index (Phi) is 5.09. The van der Waals surface area contributed by atoms with Gasteiger partial charge in [-0.15, -0.1) is 5.10 Å². The van der Waals surface area contributed by atoms with Gasteiger partial charge < -0.3 is 0 Å². The predicted octanol–water partition coefficient (Wildman–Crippen LogP) is 1.12. The summed E-state index contributed by atoms with van der Waals surface area (Å²) < 4.78 is 13.0. The highest BCUT2D eigenvalue weighted by molar-refractivity contribution is 7.03. The van der Waals surface area contributed by atoms with E-state index >= 15 is 0 Å². The molecule has 0 bridgehead atoms. The molecule has 0 atom stereocenters. The van der Waals surface area contributed by atoms with E-state index in [0.717, 1.165) is 0 Å². The summed E-state index contributed by atoms with van der Waals surface area (Å²) in [5.74, 6) is 0. The first-order chi connectivity index (χ1) is 3.50. The molecule has 0 N–H and O–H groups in total. The fraction of sp³-hybridized carbons (Fsp3) is 0.333. The van der Waals surface area contributed by atoms with Crippen molar-refractivity contribution in [3.8, 4) is 0 Å². The van der Waals surface area contributed by atoms with Crippen LogP contribution in [0.5, 0.6) is 0 Å². The number of rotatable bonds is 0.